The summed E-state index contributed by atoms with van der Waals surface area (Å²) in [5.41, 5.74) is 0. The van der Waals surface area contributed by atoms with Gasteiger partial charge < -0.3 is 10.6 Å². The molecule has 158 valence electrons. The standard InChI is InChI=1S/C18H22F2N6O2.HI/c1-21-18(24-9-12-22-4-6-25(12)17(19)20)23-5-7-26-15(27)13-10-2-3-11(8-10)14(13)16(26)28;/h2-4,6,10-11,13-14,17H,5,7-9H2,1H3,(H2,21,23,24);1H. The van der Waals surface area contributed by atoms with Crippen molar-refractivity contribution in [1.82, 2.24) is 25.1 Å². The molecule has 11 heteroatoms. The number of hydrogen-bond acceptors (Lipinski definition) is 4. The zero-order valence-electron chi connectivity index (χ0n) is 15.8. The van der Waals surface area contributed by atoms with Crippen molar-refractivity contribution in [2.45, 2.75) is 19.5 Å². The van der Waals surface area contributed by atoms with Gasteiger partial charge in [0.15, 0.2) is 5.96 Å². The molecule has 2 amide bonds. The third-order valence-corrected chi connectivity index (χ3v) is 5.79. The predicted molar refractivity (Wildman–Crippen MR) is 112 cm³/mol. The summed E-state index contributed by atoms with van der Waals surface area (Å²) >= 11 is 0. The summed E-state index contributed by atoms with van der Waals surface area (Å²) in [6.07, 6.45) is 7.55. The van der Waals surface area contributed by atoms with Crippen molar-refractivity contribution in [1.29, 1.82) is 0 Å². The van der Waals surface area contributed by atoms with Crippen molar-refractivity contribution in [3.8, 4) is 0 Å². The Balaban J connectivity index is 0.00000240. The SMILES string of the molecule is CN=C(NCCN1C(=O)C2C3C=CC(C3)C2C1=O)NCc1nccn1C(F)F.I. The second kappa shape index (κ2) is 8.76. The van der Waals surface area contributed by atoms with Crippen LogP contribution in [0.15, 0.2) is 29.5 Å². The second-order valence-corrected chi connectivity index (χ2v) is 7.21. The molecule has 2 N–H and O–H groups in total. The summed E-state index contributed by atoms with van der Waals surface area (Å²) in [6.45, 7) is -2.03. The van der Waals surface area contributed by atoms with Gasteiger partial charge in [0.05, 0.1) is 18.4 Å². The molecule has 1 aliphatic heterocycles. The molecule has 0 spiro atoms. The number of likely N-dealkylation sites (tertiary alicyclic amines) is 1. The highest BCUT2D eigenvalue weighted by molar-refractivity contribution is 14.0. The Bertz CT molecular complexity index is 812. The number of halogens is 3. The number of nitrogens with one attached hydrogen (secondary N) is 2. The highest BCUT2D eigenvalue weighted by atomic mass is 127. The first-order valence-electron chi connectivity index (χ1n) is 9.29. The molecule has 8 nitrogen and oxygen atoms in total. The van der Waals surface area contributed by atoms with Crippen molar-refractivity contribution in [3.05, 3.63) is 30.4 Å². The number of nitrogens with zero attached hydrogens (tertiary/aromatic N) is 4. The highest BCUT2D eigenvalue weighted by Gasteiger charge is 2.58. The van der Waals surface area contributed by atoms with Crippen molar-refractivity contribution in [2.24, 2.45) is 28.7 Å². The number of aromatic nitrogens is 2. The van der Waals surface area contributed by atoms with Gasteiger partial charge in [0.1, 0.15) is 5.82 Å². The number of carbonyl (C=O) groups excluding carboxylic acids is 2. The van der Waals surface area contributed by atoms with E-state index in [1.807, 2.05) is 0 Å². The lowest BCUT2D eigenvalue weighted by molar-refractivity contribution is -0.140. The zero-order chi connectivity index (χ0) is 19.8. The Kier molecular flexibility index (Phi) is 6.54. The summed E-state index contributed by atoms with van der Waals surface area (Å²) in [5.74, 6) is 0.366. The summed E-state index contributed by atoms with van der Waals surface area (Å²) in [7, 11) is 1.55. The molecular weight excluding hydrogens is 497 g/mol. The van der Waals surface area contributed by atoms with Gasteiger partial charge in [0.2, 0.25) is 11.8 Å². The maximum absolute atomic E-state index is 12.8. The number of imide groups is 1. The van der Waals surface area contributed by atoms with Gasteiger partial charge in [-0.15, -0.1) is 24.0 Å². The molecule has 2 aliphatic carbocycles. The molecule has 1 saturated carbocycles. The fourth-order valence-corrected chi connectivity index (χ4v) is 4.51. The van der Waals surface area contributed by atoms with E-state index in [-0.39, 0.29) is 78.4 Å². The highest BCUT2D eigenvalue weighted by Crippen LogP contribution is 2.52. The van der Waals surface area contributed by atoms with Crippen LogP contribution in [0.3, 0.4) is 0 Å². The maximum atomic E-state index is 12.8. The minimum atomic E-state index is -2.66. The fourth-order valence-electron chi connectivity index (χ4n) is 4.51. The molecular formula is C18H23F2IN6O2. The van der Waals surface area contributed by atoms with Crippen LogP contribution in [0.1, 0.15) is 18.8 Å². The molecule has 4 atom stereocenters. The normalized spacial score (nSPS) is 27.6. The van der Waals surface area contributed by atoms with E-state index in [0.29, 0.717) is 12.5 Å². The van der Waals surface area contributed by atoms with Gasteiger partial charge in [0.25, 0.3) is 0 Å². The van der Waals surface area contributed by atoms with Crippen molar-refractivity contribution < 1.29 is 18.4 Å². The summed E-state index contributed by atoms with van der Waals surface area (Å²) in [6, 6.07) is 0. The average molecular weight is 520 g/mol. The second-order valence-electron chi connectivity index (χ2n) is 7.21. The van der Waals surface area contributed by atoms with Crippen LogP contribution in [0.4, 0.5) is 8.78 Å². The van der Waals surface area contributed by atoms with Crippen LogP contribution in [-0.2, 0) is 16.1 Å². The Labute approximate surface area is 183 Å². The van der Waals surface area contributed by atoms with E-state index in [9.17, 15) is 18.4 Å². The average Bonchev–Trinajstić information content (AvgIpc) is 3.44. The van der Waals surface area contributed by atoms with Gasteiger partial charge >= 0.3 is 6.55 Å². The summed E-state index contributed by atoms with van der Waals surface area (Å²) in [5, 5.41) is 5.91. The molecule has 1 aromatic heterocycles. The Hall–Kier alpha value is -2.05. The number of guanidine groups is 1. The minimum absolute atomic E-state index is 0. The molecule has 1 saturated heterocycles. The number of alkyl halides is 2. The molecule has 0 radical (unpaired) electrons. The van der Waals surface area contributed by atoms with Gasteiger partial charge in [-0.2, -0.15) is 8.78 Å². The first-order valence-corrected chi connectivity index (χ1v) is 9.29. The van der Waals surface area contributed by atoms with E-state index in [4.69, 9.17) is 0 Å². The number of aliphatic imine (C=N–C) groups is 1. The van der Waals surface area contributed by atoms with Crippen LogP contribution >= 0.6 is 24.0 Å². The number of carbonyl (C=O) groups is 2. The molecule has 2 fully saturated rings. The van der Waals surface area contributed by atoms with E-state index < -0.39 is 6.55 Å². The smallest absolute Gasteiger partial charge is 0.319 e. The van der Waals surface area contributed by atoms with Gasteiger partial charge in [-0.1, -0.05) is 12.2 Å². The van der Waals surface area contributed by atoms with Crippen molar-refractivity contribution >= 4 is 41.8 Å². The molecule has 4 unspecified atom stereocenters. The molecule has 2 heterocycles. The van der Waals surface area contributed by atoms with Crippen LogP contribution in [0.5, 0.6) is 0 Å². The number of hydrogen-bond donors (Lipinski definition) is 2. The van der Waals surface area contributed by atoms with E-state index in [1.165, 1.54) is 17.3 Å². The summed E-state index contributed by atoms with van der Waals surface area (Å²) < 4.78 is 26.5. The van der Waals surface area contributed by atoms with Crippen LogP contribution in [-0.4, -0.2) is 52.4 Å². The molecule has 2 bridgehead atoms. The third kappa shape index (κ3) is 3.88. The van der Waals surface area contributed by atoms with Gasteiger partial charge in [-0.05, 0) is 18.3 Å². The number of allylic oxidation sites excluding steroid dienone is 2. The van der Waals surface area contributed by atoms with Crippen molar-refractivity contribution in [2.75, 3.05) is 20.1 Å². The Morgan fingerprint density at radius 1 is 1.24 bits per heavy atom. The lowest BCUT2D eigenvalue weighted by atomic mass is 9.85. The molecule has 1 aromatic rings. The van der Waals surface area contributed by atoms with E-state index in [1.54, 1.807) is 7.05 Å². The number of fused-ring (bicyclic) bond motifs is 5. The van der Waals surface area contributed by atoms with E-state index in [2.05, 4.69) is 32.8 Å². The number of amides is 2. The van der Waals surface area contributed by atoms with Crippen LogP contribution in [0.2, 0.25) is 0 Å². The van der Waals surface area contributed by atoms with Gasteiger partial charge in [-0.25, -0.2) is 4.98 Å². The molecule has 29 heavy (non-hydrogen) atoms. The molecule has 0 aromatic carbocycles. The topological polar surface area (TPSA) is 91.6 Å². The first-order chi connectivity index (χ1) is 13.5. The quantitative estimate of drug-likeness (QED) is 0.195. The van der Waals surface area contributed by atoms with E-state index >= 15 is 0 Å². The summed E-state index contributed by atoms with van der Waals surface area (Å²) in [4.78, 5) is 34.5. The third-order valence-electron chi connectivity index (χ3n) is 5.79. The first kappa shape index (κ1) is 21.7. The number of rotatable bonds is 6. The lowest BCUT2D eigenvalue weighted by Crippen LogP contribution is -2.43. The minimum Gasteiger partial charge on any atom is -0.355 e. The monoisotopic (exact) mass is 520 g/mol. The van der Waals surface area contributed by atoms with Gasteiger partial charge in [-0.3, -0.25) is 24.0 Å². The number of imidazole rings is 1. The fraction of sp³-hybridized carbons (Fsp3) is 0.556. The van der Waals surface area contributed by atoms with Crippen LogP contribution < -0.4 is 10.6 Å². The maximum Gasteiger partial charge on any atom is 0.319 e. The molecule has 3 aliphatic rings. The predicted octanol–water partition coefficient (Wildman–Crippen LogP) is 1.37. The lowest BCUT2D eigenvalue weighted by Gasteiger charge is -2.18. The van der Waals surface area contributed by atoms with Gasteiger partial charge in [0, 0.05) is 32.5 Å². The van der Waals surface area contributed by atoms with Crippen LogP contribution in [0, 0.1) is 23.7 Å². The van der Waals surface area contributed by atoms with Crippen LogP contribution in [0.25, 0.3) is 0 Å². The zero-order valence-corrected chi connectivity index (χ0v) is 18.1. The largest absolute Gasteiger partial charge is 0.355 e. The Morgan fingerprint density at radius 2 is 1.90 bits per heavy atom. The molecule has 4 rings (SSSR count). The van der Waals surface area contributed by atoms with Crippen molar-refractivity contribution in [3.63, 3.8) is 0 Å². The Morgan fingerprint density at radius 3 is 2.48 bits per heavy atom. The van der Waals surface area contributed by atoms with E-state index in [0.717, 1.165) is 11.0 Å².